The maximum Gasteiger partial charge on any atom is 0.340 e. The number of benzene rings is 2. The number of halogens is 2. The zero-order chi connectivity index (χ0) is 25.2. The Hall–Kier alpha value is -3.56. The first kappa shape index (κ1) is 25.1. The summed E-state index contributed by atoms with van der Waals surface area (Å²) in [6.07, 6.45) is -1.16. The van der Waals surface area contributed by atoms with Crippen molar-refractivity contribution in [1.29, 1.82) is 0 Å². The molecule has 0 aliphatic carbocycles. The molecule has 34 heavy (non-hydrogen) atoms. The number of nitrogens with one attached hydrogen (secondary N) is 1. The molecule has 0 aliphatic rings. The first-order valence-corrected chi connectivity index (χ1v) is 10.8. The lowest BCUT2D eigenvalue weighted by molar-refractivity contribution is -0.384. The molecule has 0 fully saturated rings. The van der Waals surface area contributed by atoms with Crippen molar-refractivity contribution in [3.63, 3.8) is 0 Å². The molecule has 0 saturated heterocycles. The number of esters is 1. The van der Waals surface area contributed by atoms with Gasteiger partial charge in [-0.2, -0.15) is 0 Å². The van der Waals surface area contributed by atoms with Crippen molar-refractivity contribution in [3.05, 3.63) is 79.6 Å². The number of nitrogens with zero attached hydrogens (tertiary/aromatic N) is 2. The number of nitro groups is 1. The quantitative estimate of drug-likeness (QED) is 0.257. The van der Waals surface area contributed by atoms with Gasteiger partial charge in [0, 0.05) is 28.5 Å². The van der Waals surface area contributed by atoms with E-state index < -0.39 is 22.9 Å². The lowest BCUT2D eigenvalue weighted by atomic mass is 10.2. The van der Waals surface area contributed by atoms with Crippen molar-refractivity contribution in [2.75, 3.05) is 12.4 Å². The molecule has 11 heteroatoms. The van der Waals surface area contributed by atoms with Crippen LogP contribution in [0.3, 0.4) is 0 Å². The summed E-state index contributed by atoms with van der Waals surface area (Å²) >= 11 is 12.2. The summed E-state index contributed by atoms with van der Waals surface area (Å²) in [5.74, 6) is -0.772. The van der Waals surface area contributed by atoms with Gasteiger partial charge >= 0.3 is 5.97 Å². The van der Waals surface area contributed by atoms with Gasteiger partial charge in [0.2, 0.25) is 0 Å². The highest BCUT2D eigenvalue weighted by atomic mass is 35.5. The van der Waals surface area contributed by atoms with Crippen LogP contribution in [0.15, 0.2) is 42.5 Å². The van der Waals surface area contributed by atoms with E-state index in [2.05, 4.69) is 5.32 Å². The van der Waals surface area contributed by atoms with Gasteiger partial charge in [-0.05, 0) is 51.1 Å². The molecule has 2 aromatic carbocycles. The number of hydrogen-bond donors (Lipinski definition) is 1. The highest BCUT2D eigenvalue weighted by Gasteiger charge is 2.24. The Balaban J connectivity index is 1.79. The summed E-state index contributed by atoms with van der Waals surface area (Å²) in [6.45, 7) is 4.97. The van der Waals surface area contributed by atoms with Crippen molar-refractivity contribution in [3.8, 4) is 11.4 Å². The normalized spacial score (nSPS) is 11.6. The van der Waals surface area contributed by atoms with E-state index in [0.717, 1.165) is 11.8 Å². The summed E-state index contributed by atoms with van der Waals surface area (Å²) in [4.78, 5) is 35.6. The lowest BCUT2D eigenvalue weighted by Crippen LogP contribution is -2.30. The van der Waals surface area contributed by atoms with E-state index in [1.165, 1.54) is 26.2 Å². The Labute approximate surface area is 205 Å². The maximum atomic E-state index is 12.9. The number of methoxy groups -OCH3 is 1. The van der Waals surface area contributed by atoms with Gasteiger partial charge in [-0.3, -0.25) is 14.9 Å². The molecule has 0 bridgehead atoms. The van der Waals surface area contributed by atoms with Gasteiger partial charge in [0.05, 0.1) is 34.0 Å². The third-order valence-corrected chi connectivity index (χ3v) is 5.66. The molecule has 178 valence electrons. The van der Waals surface area contributed by atoms with Gasteiger partial charge in [-0.15, -0.1) is 0 Å². The maximum absolute atomic E-state index is 12.9. The molecule has 0 aliphatic heterocycles. The smallest absolute Gasteiger partial charge is 0.340 e. The van der Waals surface area contributed by atoms with Crippen LogP contribution in [0.25, 0.3) is 5.69 Å². The monoisotopic (exact) mass is 505 g/mol. The number of carbonyl (C=O) groups is 2. The molecular weight excluding hydrogens is 485 g/mol. The standard InChI is InChI=1S/C23H21Cl2N3O6/c1-12-9-17(13(2)27(12)20-10-15(24)5-8-21(20)33-4)23(30)34-14(3)22(29)26-19-7-6-16(28(31)32)11-18(19)25/h5-11,14H,1-4H3,(H,26,29). The lowest BCUT2D eigenvalue weighted by Gasteiger charge is -2.15. The van der Waals surface area contributed by atoms with Crippen molar-refractivity contribution >= 4 is 46.5 Å². The van der Waals surface area contributed by atoms with E-state index in [0.29, 0.717) is 22.2 Å². The van der Waals surface area contributed by atoms with Gasteiger partial charge < -0.3 is 19.4 Å². The molecule has 1 N–H and O–H groups in total. The van der Waals surface area contributed by atoms with Crippen molar-refractivity contribution in [1.82, 2.24) is 4.57 Å². The average molecular weight is 506 g/mol. The summed E-state index contributed by atoms with van der Waals surface area (Å²) in [5, 5.41) is 13.8. The molecule has 0 spiro atoms. The number of nitro benzene ring substituents is 1. The first-order valence-electron chi connectivity index (χ1n) is 10.0. The molecule has 3 aromatic rings. The SMILES string of the molecule is COc1ccc(Cl)cc1-n1c(C)cc(C(=O)OC(C)C(=O)Nc2ccc([N+](=O)[O-])cc2Cl)c1C. The van der Waals surface area contributed by atoms with Crippen LogP contribution in [-0.2, 0) is 9.53 Å². The van der Waals surface area contributed by atoms with Crippen molar-refractivity contribution in [2.45, 2.75) is 26.9 Å². The van der Waals surface area contributed by atoms with E-state index in [9.17, 15) is 19.7 Å². The van der Waals surface area contributed by atoms with E-state index in [4.69, 9.17) is 32.7 Å². The Morgan fingerprint density at radius 3 is 2.44 bits per heavy atom. The fourth-order valence-electron chi connectivity index (χ4n) is 3.41. The van der Waals surface area contributed by atoms with Gasteiger partial charge in [0.15, 0.2) is 6.10 Å². The molecule has 1 amide bonds. The number of hydrogen-bond acceptors (Lipinski definition) is 6. The molecule has 1 heterocycles. The molecule has 9 nitrogen and oxygen atoms in total. The number of rotatable bonds is 7. The second-order valence-corrected chi connectivity index (χ2v) is 8.24. The zero-order valence-electron chi connectivity index (χ0n) is 18.7. The van der Waals surface area contributed by atoms with Crippen LogP contribution in [0.5, 0.6) is 5.75 Å². The van der Waals surface area contributed by atoms with Crippen molar-refractivity contribution < 1.29 is 24.0 Å². The minimum atomic E-state index is -1.16. The Morgan fingerprint density at radius 1 is 1.12 bits per heavy atom. The Morgan fingerprint density at radius 2 is 1.82 bits per heavy atom. The molecule has 1 unspecified atom stereocenters. The van der Waals surface area contributed by atoms with Gasteiger partial charge in [0.25, 0.3) is 11.6 Å². The molecule has 1 atom stereocenters. The third-order valence-electron chi connectivity index (χ3n) is 5.11. The number of amides is 1. The van der Waals surface area contributed by atoms with Crippen LogP contribution in [0, 0.1) is 24.0 Å². The molecule has 1 aromatic heterocycles. The van der Waals surface area contributed by atoms with Gasteiger partial charge in [0.1, 0.15) is 5.75 Å². The third kappa shape index (κ3) is 5.16. The van der Waals surface area contributed by atoms with Crippen LogP contribution in [0.2, 0.25) is 10.0 Å². The predicted molar refractivity (Wildman–Crippen MR) is 128 cm³/mol. The average Bonchev–Trinajstić information content (AvgIpc) is 3.08. The van der Waals surface area contributed by atoms with Gasteiger partial charge in [-0.1, -0.05) is 23.2 Å². The Kier molecular flexibility index (Phi) is 7.48. The highest BCUT2D eigenvalue weighted by molar-refractivity contribution is 6.34. The number of ether oxygens (including phenoxy) is 2. The Bertz CT molecular complexity index is 1290. The number of aromatic nitrogens is 1. The summed E-state index contributed by atoms with van der Waals surface area (Å²) in [7, 11) is 1.54. The van der Waals surface area contributed by atoms with Gasteiger partial charge in [-0.25, -0.2) is 4.79 Å². The van der Waals surface area contributed by atoms with Crippen LogP contribution < -0.4 is 10.1 Å². The number of non-ortho nitro benzene ring substituents is 1. The summed E-state index contributed by atoms with van der Waals surface area (Å²) in [6, 6.07) is 10.4. The second-order valence-electron chi connectivity index (χ2n) is 7.39. The highest BCUT2D eigenvalue weighted by Crippen LogP contribution is 2.31. The number of aryl methyl sites for hydroxylation is 1. The fraction of sp³-hybridized carbons (Fsp3) is 0.217. The number of anilines is 1. The molecule has 0 saturated carbocycles. The van der Waals surface area contributed by atoms with Crippen LogP contribution in [-0.4, -0.2) is 34.6 Å². The van der Waals surface area contributed by atoms with Crippen LogP contribution in [0.1, 0.15) is 28.7 Å². The van der Waals surface area contributed by atoms with Crippen molar-refractivity contribution in [2.24, 2.45) is 0 Å². The number of carbonyl (C=O) groups excluding carboxylic acids is 2. The zero-order valence-corrected chi connectivity index (χ0v) is 20.2. The largest absolute Gasteiger partial charge is 0.495 e. The second kappa shape index (κ2) is 10.1. The first-order chi connectivity index (χ1) is 16.0. The van der Waals surface area contributed by atoms with E-state index in [1.54, 1.807) is 31.2 Å². The summed E-state index contributed by atoms with van der Waals surface area (Å²) in [5.41, 5.74) is 2.18. The fourth-order valence-corrected chi connectivity index (χ4v) is 3.80. The topological polar surface area (TPSA) is 113 Å². The summed E-state index contributed by atoms with van der Waals surface area (Å²) < 4.78 is 12.6. The minimum absolute atomic E-state index is 0.0138. The van der Waals surface area contributed by atoms with E-state index in [-0.39, 0.29) is 22.0 Å². The van der Waals surface area contributed by atoms with Crippen LogP contribution >= 0.6 is 23.2 Å². The minimum Gasteiger partial charge on any atom is -0.495 e. The van der Waals surface area contributed by atoms with E-state index in [1.807, 2.05) is 11.5 Å². The molecule has 3 rings (SSSR count). The van der Waals surface area contributed by atoms with Crippen LogP contribution in [0.4, 0.5) is 11.4 Å². The predicted octanol–water partition coefficient (Wildman–Crippen LogP) is 5.50. The molecular formula is C23H21Cl2N3O6. The molecule has 0 radical (unpaired) electrons. The van der Waals surface area contributed by atoms with E-state index >= 15 is 0 Å².